The zero-order chi connectivity index (χ0) is 19.3. The summed E-state index contributed by atoms with van der Waals surface area (Å²) >= 11 is 0. The smallest absolute Gasteiger partial charge is 0.259 e. The van der Waals surface area contributed by atoms with Gasteiger partial charge in [-0.05, 0) is 57.0 Å². The molecule has 1 aliphatic carbocycles. The molecule has 0 aliphatic heterocycles. The number of hydrogen-bond donors (Lipinski definition) is 1. The first-order valence-corrected chi connectivity index (χ1v) is 9.29. The van der Waals surface area contributed by atoms with Crippen LogP contribution < -0.4 is 5.32 Å². The van der Waals surface area contributed by atoms with Crippen LogP contribution in [-0.4, -0.2) is 25.6 Å². The molecule has 1 aliphatic rings. The number of benzene rings is 1. The van der Waals surface area contributed by atoms with Crippen LogP contribution in [0.4, 0.5) is 5.69 Å². The van der Waals surface area contributed by atoms with Gasteiger partial charge < -0.3 is 14.4 Å². The second-order valence-corrected chi connectivity index (χ2v) is 7.16. The lowest BCUT2D eigenvalue weighted by atomic mass is 10.1. The van der Waals surface area contributed by atoms with Crippen LogP contribution in [0.1, 0.15) is 46.3 Å². The summed E-state index contributed by atoms with van der Waals surface area (Å²) in [7, 11) is 0. The van der Waals surface area contributed by atoms with Crippen molar-refractivity contribution < 1.29 is 9.32 Å². The van der Waals surface area contributed by atoms with E-state index >= 15 is 0 Å². The fourth-order valence-corrected chi connectivity index (χ4v) is 3.44. The number of aryl methyl sites for hydroxylation is 2. The number of rotatable bonds is 4. The molecule has 1 fully saturated rings. The van der Waals surface area contributed by atoms with E-state index in [9.17, 15) is 4.79 Å². The van der Waals surface area contributed by atoms with Crippen molar-refractivity contribution in [1.82, 2.24) is 19.7 Å². The number of carbonyl (C=O) groups is 1. The minimum absolute atomic E-state index is 0.188. The fraction of sp³-hybridized carbons (Fsp3) is 0.238. The van der Waals surface area contributed by atoms with Gasteiger partial charge in [-0.25, -0.2) is 9.97 Å². The number of nitrogens with one attached hydrogen (secondary N) is 1. The summed E-state index contributed by atoms with van der Waals surface area (Å²) in [6.07, 6.45) is 5.87. The van der Waals surface area contributed by atoms with E-state index in [1.807, 2.05) is 54.9 Å². The summed E-state index contributed by atoms with van der Waals surface area (Å²) in [5, 5.41) is 7.64. The van der Waals surface area contributed by atoms with Gasteiger partial charge in [-0.2, -0.15) is 0 Å². The molecule has 3 heterocycles. The average molecular weight is 373 g/mol. The van der Waals surface area contributed by atoms with Gasteiger partial charge >= 0.3 is 0 Å². The molecule has 1 saturated carbocycles. The SMILES string of the molecule is Cc1noc2nc(C3CC3)cc(C(=O)Nc3ccc(-n4ccnc4C)cc3)c12. The van der Waals surface area contributed by atoms with E-state index < -0.39 is 0 Å². The van der Waals surface area contributed by atoms with Gasteiger partial charge in [-0.15, -0.1) is 0 Å². The first kappa shape index (κ1) is 16.7. The fourth-order valence-electron chi connectivity index (χ4n) is 3.44. The van der Waals surface area contributed by atoms with Crippen molar-refractivity contribution in [3.05, 3.63) is 65.5 Å². The van der Waals surface area contributed by atoms with Gasteiger partial charge in [0.05, 0.1) is 16.6 Å². The average Bonchev–Trinajstić information content (AvgIpc) is 3.37. The molecule has 28 heavy (non-hydrogen) atoms. The highest BCUT2D eigenvalue weighted by atomic mass is 16.5. The van der Waals surface area contributed by atoms with E-state index in [4.69, 9.17) is 4.52 Å². The Bertz CT molecular complexity index is 1190. The molecule has 0 unspecified atom stereocenters. The van der Waals surface area contributed by atoms with Crippen molar-refractivity contribution in [3.8, 4) is 5.69 Å². The van der Waals surface area contributed by atoms with E-state index in [0.29, 0.717) is 28.3 Å². The van der Waals surface area contributed by atoms with Crippen molar-refractivity contribution in [2.45, 2.75) is 32.6 Å². The number of anilines is 1. The van der Waals surface area contributed by atoms with E-state index in [1.165, 1.54) is 0 Å². The number of fused-ring (bicyclic) bond motifs is 1. The van der Waals surface area contributed by atoms with Crippen molar-refractivity contribution in [2.75, 3.05) is 5.32 Å². The van der Waals surface area contributed by atoms with Crippen LogP contribution in [0.15, 0.2) is 47.2 Å². The van der Waals surface area contributed by atoms with E-state index in [-0.39, 0.29) is 5.91 Å². The quantitative estimate of drug-likeness (QED) is 0.581. The Hall–Kier alpha value is -3.48. The third-order valence-corrected chi connectivity index (χ3v) is 5.11. The maximum atomic E-state index is 13.0. The molecule has 4 aromatic rings. The molecule has 7 nitrogen and oxygen atoms in total. The lowest BCUT2D eigenvalue weighted by Crippen LogP contribution is -2.13. The van der Waals surface area contributed by atoms with E-state index in [0.717, 1.165) is 35.7 Å². The predicted octanol–water partition coefficient (Wildman–Crippen LogP) is 4.16. The molecule has 7 heteroatoms. The Balaban J connectivity index is 1.45. The second-order valence-electron chi connectivity index (χ2n) is 7.16. The van der Waals surface area contributed by atoms with Gasteiger partial charge in [0.25, 0.3) is 11.6 Å². The van der Waals surface area contributed by atoms with Crippen LogP contribution in [0.3, 0.4) is 0 Å². The number of amides is 1. The molecular weight excluding hydrogens is 354 g/mol. The number of aromatic nitrogens is 4. The Morgan fingerprint density at radius 2 is 2.00 bits per heavy atom. The Morgan fingerprint density at radius 1 is 1.21 bits per heavy atom. The van der Waals surface area contributed by atoms with Crippen molar-refractivity contribution >= 4 is 22.7 Å². The Morgan fingerprint density at radius 3 is 2.68 bits per heavy atom. The zero-order valence-corrected chi connectivity index (χ0v) is 15.6. The zero-order valence-electron chi connectivity index (χ0n) is 15.6. The second kappa shape index (κ2) is 6.30. The van der Waals surface area contributed by atoms with Crippen LogP contribution in [-0.2, 0) is 0 Å². The van der Waals surface area contributed by atoms with E-state index in [1.54, 1.807) is 6.20 Å². The standard InChI is InChI=1S/C21H19N5O2/c1-12-19-17(11-18(14-3-4-14)24-21(19)28-25-12)20(27)23-15-5-7-16(8-6-15)26-10-9-22-13(26)2/h5-11,14H,3-4H2,1-2H3,(H,23,27). The molecule has 0 spiro atoms. The number of carbonyl (C=O) groups excluding carboxylic acids is 1. The van der Waals surface area contributed by atoms with Gasteiger partial charge in [0, 0.05) is 35.4 Å². The first-order chi connectivity index (χ1) is 13.6. The van der Waals surface area contributed by atoms with Crippen molar-refractivity contribution in [3.63, 3.8) is 0 Å². The minimum atomic E-state index is -0.188. The van der Waals surface area contributed by atoms with Crippen LogP contribution in [0.5, 0.6) is 0 Å². The number of pyridine rings is 1. The van der Waals surface area contributed by atoms with Gasteiger partial charge in [0.2, 0.25) is 0 Å². The van der Waals surface area contributed by atoms with Gasteiger partial charge in [0.1, 0.15) is 5.82 Å². The molecular formula is C21H19N5O2. The Labute approximate surface area is 161 Å². The lowest BCUT2D eigenvalue weighted by Gasteiger charge is -2.10. The van der Waals surface area contributed by atoms with Crippen molar-refractivity contribution in [2.24, 2.45) is 0 Å². The first-order valence-electron chi connectivity index (χ1n) is 9.29. The molecule has 0 radical (unpaired) electrons. The molecule has 5 rings (SSSR count). The topological polar surface area (TPSA) is 85.8 Å². The number of imidazole rings is 1. The summed E-state index contributed by atoms with van der Waals surface area (Å²) in [6.45, 7) is 3.77. The number of hydrogen-bond acceptors (Lipinski definition) is 5. The summed E-state index contributed by atoms with van der Waals surface area (Å²) in [4.78, 5) is 21.8. The largest absolute Gasteiger partial charge is 0.336 e. The molecule has 140 valence electrons. The third-order valence-electron chi connectivity index (χ3n) is 5.11. The normalized spacial score (nSPS) is 13.8. The summed E-state index contributed by atoms with van der Waals surface area (Å²) in [6, 6.07) is 9.54. The molecule has 3 aromatic heterocycles. The summed E-state index contributed by atoms with van der Waals surface area (Å²) in [5.74, 6) is 1.14. The number of nitrogens with zero attached hydrogens (tertiary/aromatic N) is 4. The molecule has 1 N–H and O–H groups in total. The summed E-state index contributed by atoms with van der Waals surface area (Å²) < 4.78 is 7.31. The highest BCUT2D eigenvalue weighted by Crippen LogP contribution is 2.40. The molecule has 1 amide bonds. The predicted molar refractivity (Wildman–Crippen MR) is 105 cm³/mol. The van der Waals surface area contributed by atoms with Crippen LogP contribution >= 0.6 is 0 Å². The van der Waals surface area contributed by atoms with Gasteiger partial charge in [-0.3, -0.25) is 4.79 Å². The maximum Gasteiger partial charge on any atom is 0.259 e. The highest BCUT2D eigenvalue weighted by molar-refractivity contribution is 6.12. The molecule has 1 aromatic carbocycles. The van der Waals surface area contributed by atoms with Crippen LogP contribution in [0.2, 0.25) is 0 Å². The van der Waals surface area contributed by atoms with Crippen LogP contribution in [0, 0.1) is 13.8 Å². The van der Waals surface area contributed by atoms with E-state index in [2.05, 4.69) is 20.4 Å². The highest BCUT2D eigenvalue weighted by Gasteiger charge is 2.28. The summed E-state index contributed by atoms with van der Waals surface area (Å²) in [5.41, 5.74) is 4.27. The van der Waals surface area contributed by atoms with Crippen molar-refractivity contribution in [1.29, 1.82) is 0 Å². The van der Waals surface area contributed by atoms with Gasteiger partial charge in [0.15, 0.2) is 0 Å². The molecule has 0 atom stereocenters. The van der Waals surface area contributed by atoms with Crippen LogP contribution in [0.25, 0.3) is 16.8 Å². The molecule has 0 saturated heterocycles. The Kier molecular flexibility index (Phi) is 3.75. The minimum Gasteiger partial charge on any atom is -0.336 e. The van der Waals surface area contributed by atoms with Gasteiger partial charge in [-0.1, -0.05) is 5.16 Å². The lowest BCUT2D eigenvalue weighted by molar-refractivity contribution is 0.102. The maximum absolute atomic E-state index is 13.0. The third kappa shape index (κ3) is 2.85. The monoisotopic (exact) mass is 373 g/mol. The molecule has 0 bridgehead atoms.